The largest absolute Gasteiger partial charge is 0.384 e. The van der Waals surface area contributed by atoms with Gasteiger partial charge in [-0.05, 0) is 48.4 Å². The number of amides is 1. The lowest BCUT2D eigenvalue weighted by Crippen LogP contribution is -2.12. The number of hydrogen-bond acceptors (Lipinski definition) is 2. The van der Waals surface area contributed by atoms with Crippen LogP contribution in [0.1, 0.15) is 15.9 Å². The van der Waals surface area contributed by atoms with E-state index >= 15 is 0 Å². The molecule has 3 nitrogen and oxygen atoms in total. The lowest BCUT2D eigenvalue weighted by Gasteiger charge is -2.08. The van der Waals surface area contributed by atoms with Crippen LogP contribution >= 0.6 is 23.2 Å². The third-order valence-electron chi connectivity index (χ3n) is 3.20. The number of fused-ring (bicyclic) bond motifs is 1. The maximum atomic E-state index is 12.2. The molecule has 20 heavy (non-hydrogen) atoms. The van der Waals surface area contributed by atoms with Crippen LogP contribution in [0.2, 0.25) is 10.0 Å². The predicted octanol–water partition coefficient (Wildman–Crippen LogP) is 4.21. The van der Waals surface area contributed by atoms with Gasteiger partial charge in [-0.3, -0.25) is 4.79 Å². The second-order valence-electron chi connectivity index (χ2n) is 4.66. The van der Waals surface area contributed by atoms with E-state index in [9.17, 15) is 4.79 Å². The number of halogens is 2. The molecule has 0 aliphatic carbocycles. The Kier molecular flexibility index (Phi) is 3.55. The van der Waals surface area contributed by atoms with Crippen LogP contribution in [0.5, 0.6) is 0 Å². The monoisotopic (exact) mass is 306 g/mol. The molecule has 2 aromatic carbocycles. The van der Waals surface area contributed by atoms with E-state index in [0.29, 0.717) is 15.6 Å². The molecule has 1 heterocycles. The molecule has 0 bridgehead atoms. The van der Waals surface area contributed by atoms with Gasteiger partial charge in [-0.25, -0.2) is 0 Å². The Labute approximate surface area is 126 Å². The first-order chi connectivity index (χ1) is 9.61. The SMILES string of the molecule is O=C(Nc1ccc2c(c1)CCN2)c1cc(Cl)cc(Cl)c1. The second-order valence-corrected chi connectivity index (χ2v) is 5.53. The summed E-state index contributed by atoms with van der Waals surface area (Å²) >= 11 is 11.8. The molecule has 5 heteroatoms. The van der Waals surface area contributed by atoms with Crippen LogP contribution in [-0.2, 0) is 6.42 Å². The molecular formula is C15H12Cl2N2O. The summed E-state index contributed by atoms with van der Waals surface area (Å²) in [4.78, 5) is 12.2. The first-order valence-electron chi connectivity index (χ1n) is 6.26. The summed E-state index contributed by atoms with van der Waals surface area (Å²) in [6, 6.07) is 10.6. The number of hydrogen-bond donors (Lipinski definition) is 2. The van der Waals surface area contributed by atoms with Crippen molar-refractivity contribution in [1.82, 2.24) is 0 Å². The maximum absolute atomic E-state index is 12.2. The van der Waals surface area contributed by atoms with E-state index in [1.165, 1.54) is 5.56 Å². The molecule has 0 atom stereocenters. The molecule has 2 aromatic rings. The zero-order valence-electron chi connectivity index (χ0n) is 10.5. The standard InChI is InChI=1S/C15H12Cl2N2O/c16-11-5-10(6-12(17)8-11)15(20)19-13-1-2-14-9(7-13)3-4-18-14/h1-2,5-8,18H,3-4H2,(H,19,20). The van der Waals surface area contributed by atoms with Crippen molar-refractivity contribution in [2.45, 2.75) is 6.42 Å². The van der Waals surface area contributed by atoms with Crippen LogP contribution in [0.25, 0.3) is 0 Å². The van der Waals surface area contributed by atoms with Crippen molar-refractivity contribution in [3.8, 4) is 0 Å². The number of nitrogens with one attached hydrogen (secondary N) is 2. The average molecular weight is 307 g/mol. The number of benzene rings is 2. The third kappa shape index (κ3) is 2.74. The summed E-state index contributed by atoms with van der Waals surface area (Å²) in [5, 5.41) is 7.03. The number of anilines is 2. The van der Waals surface area contributed by atoms with E-state index < -0.39 is 0 Å². The molecule has 2 N–H and O–H groups in total. The maximum Gasteiger partial charge on any atom is 0.255 e. The molecular weight excluding hydrogens is 295 g/mol. The van der Waals surface area contributed by atoms with Crippen molar-refractivity contribution < 1.29 is 4.79 Å². The second kappa shape index (κ2) is 5.35. The molecule has 0 saturated carbocycles. The van der Waals surface area contributed by atoms with E-state index in [1.807, 2.05) is 18.2 Å². The number of rotatable bonds is 2. The van der Waals surface area contributed by atoms with E-state index in [2.05, 4.69) is 10.6 Å². The zero-order chi connectivity index (χ0) is 14.1. The van der Waals surface area contributed by atoms with Crippen molar-refractivity contribution in [3.05, 3.63) is 57.6 Å². The molecule has 0 fully saturated rings. The van der Waals surface area contributed by atoms with Gasteiger partial charge >= 0.3 is 0 Å². The van der Waals surface area contributed by atoms with Crippen LogP contribution < -0.4 is 10.6 Å². The Hall–Kier alpha value is -1.71. The third-order valence-corrected chi connectivity index (χ3v) is 3.63. The quantitative estimate of drug-likeness (QED) is 0.872. The lowest BCUT2D eigenvalue weighted by molar-refractivity contribution is 0.102. The van der Waals surface area contributed by atoms with Gasteiger partial charge in [0.2, 0.25) is 0 Å². The van der Waals surface area contributed by atoms with E-state index in [1.54, 1.807) is 18.2 Å². The highest BCUT2D eigenvalue weighted by molar-refractivity contribution is 6.35. The lowest BCUT2D eigenvalue weighted by atomic mass is 10.1. The smallest absolute Gasteiger partial charge is 0.255 e. The molecule has 1 aliphatic heterocycles. The van der Waals surface area contributed by atoms with Crippen LogP contribution in [0.15, 0.2) is 36.4 Å². The minimum atomic E-state index is -0.222. The fraction of sp³-hybridized carbons (Fsp3) is 0.133. The summed E-state index contributed by atoms with van der Waals surface area (Å²) in [5.41, 5.74) is 3.57. The van der Waals surface area contributed by atoms with Crippen LogP contribution in [0, 0.1) is 0 Å². The molecule has 0 spiro atoms. The summed E-state index contributed by atoms with van der Waals surface area (Å²) in [6.45, 7) is 0.941. The van der Waals surface area contributed by atoms with Crippen molar-refractivity contribution >= 4 is 40.5 Å². The van der Waals surface area contributed by atoms with Crippen molar-refractivity contribution in [3.63, 3.8) is 0 Å². The molecule has 1 aliphatic rings. The van der Waals surface area contributed by atoms with Gasteiger partial charge in [0.1, 0.15) is 0 Å². The molecule has 102 valence electrons. The first-order valence-corrected chi connectivity index (χ1v) is 7.02. The van der Waals surface area contributed by atoms with Crippen molar-refractivity contribution in [2.24, 2.45) is 0 Å². The highest BCUT2D eigenvalue weighted by Crippen LogP contribution is 2.26. The zero-order valence-corrected chi connectivity index (χ0v) is 12.1. The summed E-state index contributed by atoms with van der Waals surface area (Å²) in [6.07, 6.45) is 0.974. The van der Waals surface area contributed by atoms with Gasteiger partial charge in [0.25, 0.3) is 5.91 Å². The highest BCUT2D eigenvalue weighted by atomic mass is 35.5. The molecule has 0 saturated heterocycles. The molecule has 3 rings (SSSR count). The van der Waals surface area contributed by atoms with Crippen LogP contribution in [0.3, 0.4) is 0 Å². The molecule has 0 unspecified atom stereocenters. The Morgan fingerprint density at radius 1 is 1.10 bits per heavy atom. The van der Waals surface area contributed by atoms with Gasteiger partial charge in [0.15, 0.2) is 0 Å². The highest BCUT2D eigenvalue weighted by Gasteiger charge is 2.12. The molecule has 0 radical (unpaired) electrons. The minimum Gasteiger partial charge on any atom is -0.384 e. The van der Waals surface area contributed by atoms with E-state index in [-0.39, 0.29) is 5.91 Å². The van der Waals surface area contributed by atoms with Gasteiger partial charge in [0.05, 0.1) is 0 Å². The fourth-order valence-electron chi connectivity index (χ4n) is 2.27. The number of carbonyl (C=O) groups excluding carboxylic acids is 1. The van der Waals surface area contributed by atoms with Gasteiger partial charge in [0, 0.05) is 33.5 Å². The van der Waals surface area contributed by atoms with Crippen LogP contribution in [0.4, 0.5) is 11.4 Å². The predicted molar refractivity (Wildman–Crippen MR) is 83.1 cm³/mol. The minimum absolute atomic E-state index is 0.222. The Morgan fingerprint density at radius 2 is 1.85 bits per heavy atom. The first kappa shape index (κ1) is 13.3. The van der Waals surface area contributed by atoms with Gasteiger partial charge < -0.3 is 10.6 Å². The summed E-state index contributed by atoms with van der Waals surface area (Å²) in [7, 11) is 0. The average Bonchev–Trinajstić information content (AvgIpc) is 2.85. The molecule has 0 aromatic heterocycles. The van der Waals surface area contributed by atoms with Crippen molar-refractivity contribution in [2.75, 3.05) is 17.2 Å². The molecule has 1 amide bonds. The van der Waals surface area contributed by atoms with Gasteiger partial charge in [-0.15, -0.1) is 0 Å². The number of carbonyl (C=O) groups is 1. The normalized spacial score (nSPS) is 12.7. The van der Waals surface area contributed by atoms with E-state index in [0.717, 1.165) is 24.3 Å². The van der Waals surface area contributed by atoms with Crippen LogP contribution in [-0.4, -0.2) is 12.5 Å². The summed E-state index contributed by atoms with van der Waals surface area (Å²) in [5.74, 6) is -0.222. The fourth-order valence-corrected chi connectivity index (χ4v) is 2.80. The van der Waals surface area contributed by atoms with Crippen molar-refractivity contribution in [1.29, 1.82) is 0 Å². The Morgan fingerprint density at radius 3 is 2.60 bits per heavy atom. The van der Waals surface area contributed by atoms with Gasteiger partial charge in [-0.1, -0.05) is 23.2 Å². The topological polar surface area (TPSA) is 41.1 Å². The van der Waals surface area contributed by atoms with Gasteiger partial charge in [-0.2, -0.15) is 0 Å². The Bertz CT molecular complexity index is 665. The Balaban J connectivity index is 1.82. The van der Waals surface area contributed by atoms with E-state index in [4.69, 9.17) is 23.2 Å². The summed E-state index contributed by atoms with van der Waals surface area (Å²) < 4.78 is 0.